The van der Waals surface area contributed by atoms with E-state index in [1.165, 1.54) is 0 Å². The summed E-state index contributed by atoms with van der Waals surface area (Å²) in [5, 5.41) is 6.64. The van der Waals surface area contributed by atoms with Crippen LogP contribution in [0.5, 0.6) is 11.5 Å². The Balaban J connectivity index is 1.85. The van der Waals surface area contributed by atoms with Crippen molar-refractivity contribution >= 4 is 11.9 Å². The lowest BCUT2D eigenvalue weighted by atomic mass is 10.2. The molecule has 1 saturated heterocycles. The van der Waals surface area contributed by atoms with Crippen molar-refractivity contribution in [3.8, 4) is 11.5 Å². The van der Waals surface area contributed by atoms with Crippen molar-refractivity contribution in [1.82, 2.24) is 15.5 Å². The van der Waals surface area contributed by atoms with Crippen molar-refractivity contribution in [3.63, 3.8) is 0 Å². The number of amides is 1. The third-order valence-corrected chi connectivity index (χ3v) is 4.86. The number of nitrogens with one attached hydrogen (secondary N) is 2. The SMILES string of the molecule is CCNC(=NCc1ccc(OC)c(OCC)c1)NCCCN1CCCCCC1=O. The molecule has 2 N–H and O–H groups in total. The number of methoxy groups -OCH3 is 1. The van der Waals surface area contributed by atoms with Crippen molar-refractivity contribution in [3.05, 3.63) is 23.8 Å². The summed E-state index contributed by atoms with van der Waals surface area (Å²) in [4.78, 5) is 18.8. The topological polar surface area (TPSA) is 75.2 Å². The molecule has 2 rings (SSSR count). The first-order chi connectivity index (χ1) is 14.2. The smallest absolute Gasteiger partial charge is 0.222 e. The van der Waals surface area contributed by atoms with Gasteiger partial charge in [-0.15, -0.1) is 0 Å². The Morgan fingerprint density at radius 2 is 2.03 bits per heavy atom. The highest BCUT2D eigenvalue weighted by atomic mass is 16.5. The number of hydrogen-bond donors (Lipinski definition) is 2. The number of benzene rings is 1. The minimum absolute atomic E-state index is 0.299. The second-order valence-electron chi connectivity index (χ2n) is 7.09. The molecule has 0 bridgehead atoms. The molecule has 1 aliphatic heterocycles. The molecule has 0 atom stereocenters. The fourth-order valence-corrected chi connectivity index (χ4v) is 3.35. The average Bonchev–Trinajstić information content (AvgIpc) is 2.93. The fraction of sp³-hybridized carbons (Fsp3) is 0.636. The number of nitrogens with zero attached hydrogens (tertiary/aromatic N) is 2. The van der Waals surface area contributed by atoms with Gasteiger partial charge in [-0.3, -0.25) is 4.79 Å². The van der Waals surface area contributed by atoms with E-state index in [-0.39, 0.29) is 0 Å². The van der Waals surface area contributed by atoms with E-state index in [9.17, 15) is 4.79 Å². The van der Waals surface area contributed by atoms with Crippen molar-refractivity contribution in [2.75, 3.05) is 39.9 Å². The van der Waals surface area contributed by atoms with E-state index in [0.717, 1.165) is 74.9 Å². The molecule has 7 nitrogen and oxygen atoms in total. The van der Waals surface area contributed by atoms with Crippen LogP contribution in [0.25, 0.3) is 0 Å². The molecule has 1 amide bonds. The van der Waals surface area contributed by atoms with Crippen molar-refractivity contribution in [2.24, 2.45) is 4.99 Å². The normalized spacial score (nSPS) is 15.1. The molecular weight excluding hydrogens is 368 g/mol. The van der Waals surface area contributed by atoms with Gasteiger partial charge in [-0.2, -0.15) is 0 Å². The summed E-state index contributed by atoms with van der Waals surface area (Å²) in [6, 6.07) is 5.88. The van der Waals surface area contributed by atoms with Crippen molar-refractivity contribution < 1.29 is 14.3 Å². The summed E-state index contributed by atoms with van der Waals surface area (Å²) in [5.74, 6) is 2.55. The summed E-state index contributed by atoms with van der Waals surface area (Å²) < 4.78 is 11.0. The monoisotopic (exact) mass is 404 g/mol. The van der Waals surface area contributed by atoms with Crippen LogP contribution < -0.4 is 20.1 Å². The standard InChI is InChI=1S/C22H36N4O3/c1-4-23-22(24-13-9-15-26-14-8-6-7-10-21(26)27)25-17-18-11-12-19(28-3)20(16-18)29-5-2/h11-12,16H,4-10,13-15,17H2,1-3H3,(H2,23,24,25). The van der Waals surface area contributed by atoms with E-state index in [1.54, 1.807) is 7.11 Å². The van der Waals surface area contributed by atoms with Gasteiger partial charge in [-0.05, 0) is 50.8 Å². The molecule has 0 saturated carbocycles. The molecule has 1 aliphatic rings. The average molecular weight is 405 g/mol. The molecule has 29 heavy (non-hydrogen) atoms. The third-order valence-electron chi connectivity index (χ3n) is 4.86. The molecule has 0 unspecified atom stereocenters. The van der Waals surface area contributed by atoms with Crippen LogP contribution in [0.15, 0.2) is 23.2 Å². The van der Waals surface area contributed by atoms with Gasteiger partial charge in [0, 0.05) is 32.6 Å². The molecular formula is C22H36N4O3. The Morgan fingerprint density at radius 1 is 1.17 bits per heavy atom. The number of hydrogen-bond acceptors (Lipinski definition) is 4. The lowest BCUT2D eigenvalue weighted by molar-refractivity contribution is -0.130. The van der Waals surface area contributed by atoms with Gasteiger partial charge < -0.3 is 25.0 Å². The van der Waals surface area contributed by atoms with Gasteiger partial charge in [0.2, 0.25) is 5.91 Å². The summed E-state index contributed by atoms with van der Waals surface area (Å²) >= 11 is 0. The van der Waals surface area contributed by atoms with Gasteiger partial charge in [0.15, 0.2) is 17.5 Å². The summed E-state index contributed by atoms with van der Waals surface area (Å²) in [6.45, 7) is 8.42. The lowest BCUT2D eigenvalue weighted by Gasteiger charge is -2.20. The molecule has 0 spiro atoms. The van der Waals surface area contributed by atoms with Crippen molar-refractivity contribution in [1.29, 1.82) is 0 Å². The van der Waals surface area contributed by atoms with E-state index >= 15 is 0 Å². The van der Waals surface area contributed by atoms with Crippen LogP contribution in [0.2, 0.25) is 0 Å². The Hall–Kier alpha value is -2.44. The second kappa shape index (κ2) is 12.9. The fourth-order valence-electron chi connectivity index (χ4n) is 3.35. The molecule has 0 aromatic heterocycles. The first-order valence-corrected chi connectivity index (χ1v) is 10.8. The zero-order chi connectivity index (χ0) is 20.9. The Morgan fingerprint density at radius 3 is 2.79 bits per heavy atom. The Labute approximate surface area is 174 Å². The number of ether oxygens (including phenoxy) is 2. The van der Waals surface area contributed by atoms with Gasteiger partial charge in [0.1, 0.15) is 0 Å². The number of rotatable bonds is 10. The quantitative estimate of drug-likeness (QED) is 0.356. The van der Waals surface area contributed by atoms with Crippen LogP contribution >= 0.6 is 0 Å². The largest absolute Gasteiger partial charge is 0.493 e. The van der Waals surface area contributed by atoms with E-state index in [0.29, 0.717) is 25.5 Å². The highest BCUT2D eigenvalue weighted by Crippen LogP contribution is 2.28. The number of aliphatic imine (C=N–C) groups is 1. The van der Waals surface area contributed by atoms with Crippen LogP contribution in [0.3, 0.4) is 0 Å². The summed E-state index contributed by atoms with van der Waals surface area (Å²) in [6.07, 6.45) is 4.92. The van der Waals surface area contributed by atoms with Gasteiger partial charge in [0.25, 0.3) is 0 Å². The maximum Gasteiger partial charge on any atom is 0.222 e. The molecule has 162 valence electrons. The van der Waals surface area contributed by atoms with E-state index < -0.39 is 0 Å². The van der Waals surface area contributed by atoms with Gasteiger partial charge in [-0.25, -0.2) is 4.99 Å². The maximum atomic E-state index is 12.1. The van der Waals surface area contributed by atoms with E-state index in [4.69, 9.17) is 9.47 Å². The van der Waals surface area contributed by atoms with Gasteiger partial charge >= 0.3 is 0 Å². The predicted molar refractivity (Wildman–Crippen MR) is 117 cm³/mol. The van der Waals surface area contributed by atoms with Crippen LogP contribution in [0, 0.1) is 0 Å². The molecule has 7 heteroatoms. The van der Waals surface area contributed by atoms with Gasteiger partial charge in [0.05, 0.1) is 20.3 Å². The summed E-state index contributed by atoms with van der Waals surface area (Å²) in [7, 11) is 1.64. The minimum Gasteiger partial charge on any atom is -0.493 e. The van der Waals surface area contributed by atoms with Gasteiger partial charge in [-0.1, -0.05) is 12.5 Å². The summed E-state index contributed by atoms with van der Waals surface area (Å²) in [5.41, 5.74) is 1.06. The zero-order valence-corrected chi connectivity index (χ0v) is 18.1. The Kier molecular flexibility index (Phi) is 10.2. The van der Waals surface area contributed by atoms with E-state index in [2.05, 4.69) is 15.6 Å². The second-order valence-corrected chi connectivity index (χ2v) is 7.09. The number of carbonyl (C=O) groups excluding carboxylic acids is 1. The molecule has 1 heterocycles. The number of likely N-dealkylation sites (tertiary alicyclic amines) is 1. The molecule has 1 fully saturated rings. The lowest BCUT2D eigenvalue weighted by Crippen LogP contribution is -2.39. The Bertz CT molecular complexity index is 663. The first kappa shape index (κ1) is 22.8. The van der Waals surface area contributed by atoms with Crippen molar-refractivity contribution in [2.45, 2.75) is 52.5 Å². The molecule has 0 radical (unpaired) electrons. The van der Waals surface area contributed by atoms with Crippen LogP contribution in [-0.2, 0) is 11.3 Å². The zero-order valence-electron chi connectivity index (χ0n) is 18.1. The first-order valence-electron chi connectivity index (χ1n) is 10.8. The van der Waals surface area contributed by atoms with Crippen LogP contribution in [-0.4, -0.2) is 56.7 Å². The minimum atomic E-state index is 0.299. The molecule has 1 aromatic carbocycles. The third kappa shape index (κ3) is 7.83. The van der Waals surface area contributed by atoms with Crippen LogP contribution in [0.1, 0.15) is 51.5 Å². The highest BCUT2D eigenvalue weighted by molar-refractivity contribution is 5.79. The highest BCUT2D eigenvalue weighted by Gasteiger charge is 2.15. The molecule has 0 aliphatic carbocycles. The number of carbonyl (C=O) groups is 1. The molecule has 1 aromatic rings. The maximum absolute atomic E-state index is 12.1. The van der Waals surface area contributed by atoms with E-state index in [1.807, 2.05) is 36.9 Å². The number of guanidine groups is 1. The van der Waals surface area contributed by atoms with Crippen LogP contribution in [0.4, 0.5) is 0 Å². The predicted octanol–water partition coefficient (Wildman–Crippen LogP) is 2.94.